The van der Waals surface area contributed by atoms with E-state index < -0.39 is 0 Å². The third-order valence-corrected chi connectivity index (χ3v) is 5.38. The summed E-state index contributed by atoms with van der Waals surface area (Å²) < 4.78 is 0. The highest BCUT2D eigenvalue weighted by Crippen LogP contribution is 2.37. The van der Waals surface area contributed by atoms with E-state index in [2.05, 4.69) is 31.6 Å². The van der Waals surface area contributed by atoms with Crippen LogP contribution in [0.4, 0.5) is 0 Å². The van der Waals surface area contributed by atoms with Crippen molar-refractivity contribution in [1.82, 2.24) is 24.7 Å². The minimum Gasteiger partial charge on any atom is -0.301 e. The van der Waals surface area contributed by atoms with Crippen LogP contribution >= 0.6 is 0 Å². The molecule has 3 aliphatic rings. The largest absolute Gasteiger partial charge is 0.301 e. The maximum Gasteiger partial charge on any atom is 0.131 e. The van der Waals surface area contributed by atoms with E-state index in [1.54, 1.807) is 0 Å². The molecule has 1 aromatic heterocycles. The Morgan fingerprint density at radius 3 is 2.27 bits per heavy atom. The van der Waals surface area contributed by atoms with Gasteiger partial charge in [-0.1, -0.05) is 6.92 Å². The molecule has 0 bridgehead atoms. The van der Waals surface area contributed by atoms with Crippen LogP contribution in [0.3, 0.4) is 0 Å². The summed E-state index contributed by atoms with van der Waals surface area (Å²) in [5.74, 6) is 1.71. The highest BCUT2D eigenvalue weighted by Gasteiger charge is 2.33. The molecule has 3 fully saturated rings. The molecule has 0 aromatic carbocycles. The van der Waals surface area contributed by atoms with E-state index >= 15 is 0 Å². The predicted octanol–water partition coefficient (Wildman–Crippen LogP) is 1.18. The van der Waals surface area contributed by atoms with Gasteiger partial charge in [-0.15, -0.1) is 0 Å². The van der Waals surface area contributed by atoms with Crippen LogP contribution in [-0.2, 0) is 6.54 Å². The molecule has 120 valence electrons. The molecule has 0 atom stereocenters. The Labute approximate surface area is 133 Å². The molecule has 1 saturated carbocycles. The smallest absolute Gasteiger partial charge is 0.131 e. The lowest BCUT2D eigenvalue weighted by molar-refractivity contribution is 0.00203. The minimum atomic E-state index is 0.657. The van der Waals surface area contributed by atoms with Crippen molar-refractivity contribution in [2.24, 2.45) is 0 Å². The number of rotatable bonds is 5. The quantitative estimate of drug-likeness (QED) is 0.816. The fourth-order valence-electron chi connectivity index (χ4n) is 3.60. The average Bonchev–Trinajstić information content (AvgIpc) is 3.36. The number of likely N-dealkylation sites (tertiary alicyclic amines) is 1. The zero-order chi connectivity index (χ0) is 14.9. The lowest BCUT2D eigenvalue weighted by Gasteiger charge is -2.48. The summed E-state index contributed by atoms with van der Waals surface area (Å²) in [5, 5.41) is 0. The van der Waals surface area contributed by atoms with Crippen molar-refractivity contribution in [2.75, 3.05) is 45.8 Å². The summed E-state index contributed by atoms with van der Waals surface area (Å²) in [6.45, 7) is 11.8. The van der Waals surface area contributed by atoms with Crippen LogP contribution in [-0.4, -0.2) is 76.5 Å². The number of aromatic nitrogens is 2. The Kier molecular flexibility index (Phi) is 4.11. The summed E-state index contributed by atoms with van der Waals surface area (Å²) in [6, 6.07) is 0.769. The highest BCUT2D eigenvalue weighted by molar-refractivity contribution is 5.11. The van der Waals surface area contributed by atoms with Crippen molar-refractivity contribution < 1.29 is 0 Å². The van der Waals surface area contributed by atoms with E-state index in [-0.39, 0.29) is 0 Å². The third kappa shape index (κ3) is 3.16. The van der Waals surface area contributed by atoms with Crippen molar-refractivity contribution in [3.8, 4) is 0 Å². The Morgan fingerprint density at radius 1 is 1.00 bits per heavy atom. The molecule has 5 nitrogen and oxygen atoms in total. The molecule has 0 N–H and O–H groups in total. The van der Waals surface area contributed by atoms with E-state index in [1.807, 2.05) is 12.4 Å². The second-order valence-corrected chi connectivity index (χ2v) is 7.04. The van der Waals surface area contributed by atoms with E-state index in [0.717, 1.165) is 18.4 Å². The third-order valence-electron chi connectivity index (χ3n) is 5.38. The highest BCUT2D eigenvalue weighted by atomic mass is 15.3. The van der Waals surface area contributed by atoms with E-state index in [4.69, 9.17) is 0 Å². The molecular formula is C17H27N5. The van der Waals surface area contributed by atoms with Gasteiger partial charge in [0, 0.05) is 75.7 Å². The monoisotopic (exact) mass is 301 g/mol. The van der Waals surface area contributed by atoms with Crippen LogP contribution in [0.5, 0.6) is 0 Å². The SMILES string of the molecule is CCN1CCN(C2CN(Cc3cnc(C4CC4)nc3)C2)CC1. The molecule has 2 saturated heterocycles. The fraction of sp³-hybridized carbons (Fsp3) is 0.765. The van der Waals surface area contributed by atoms with Crippen molar-refractivity contribution in [2.45, 2.75) is 38.3 Å². The van der Waals surface area contributed by atoms with Gasteiger partial charge in [-0.2, -0.15) is 0 Å². The van der Waals surface area contributed by atoms with Crippen molar-refractivity contribution in [3.63, 3.8) is 0 Å². The van der Waals surface area contributed by atoms with Gasteiger partial charge in [-0.05, 0) is 19.4 Å². The summed E-state index contributed by atoms with van der Waals surface area (Å²) in [5.41, 5.74) is 1.26. The van der Waals surface area contributed by atoms with Gasteiger partial charge in [-0.25, -0.2) is 9.97 Å². The van der Waals surface area contributed by atoms with E-state index in [0.29, 0.717) is 5.92 Å². The molecule has 2 aliphatic heterocycles. The topological polar surface area (TPSA) is 35.5 Å². The second-order valence-electron chi connectivity index (χ2n) is 7.04. The molecule has 0 radical (unpaired) electrons. The molecule has 22 heavy (non-hydrogen) atoms. The van der Waals surface area contributed by atoms with Crippen molar-refractivity contribution >= 4 is 0 Å². The summed E-state index contributed by atoms with van der Waals surface area (Å²) in [6.07, 6.45) is 6.62. The van der Waals surface area contributed by atoms with E-state index in [1.165, 1.54) is 64.2 Å². The predicted molar refractivity (Wildman–Crippen MR) is 86.8 cm³/mol. The Balaban J connectivity index is 1.22. The average molecular weight is 301 g/mol. The first-order valence-electron chi connectivity index (χ1n) is 8.81. The van der Waals surface area contributed by atoms with Gasteiger partial charge in [0.15, 0.2) is 0 Å². The Morgan fingerprint density at radius 2 is 1.68 bits per heavy atom. The number of hydrogen-bond acceptors (Lipinski definition) is 5. The van der Waals surface area contributed by atoms with Crippen molar-refractivity contribution in [1.29, 1.82) is 0 Å². The molecule has 3 heterocycles. The van der Waals surface area contributed by atoms with Gasteiger partial charge >= 0.3 is 0 Å². The van der Waals surface area contributed by atoms with Gasteiger partial charge in [0.25, 0.3) is 0 Å². The van der Waals surface area contributed by atoms with Gasteiger partial charge in [0.05, 0.1) is 0 Å². The molecule has 5 heteroatoms. The maximum atomic E-state index is 4.53. The first-order chi connectivity index (χ1) is 10.8. The fourth-order valence-corrected chi connectivity index (χ4v) is 3.60. The van der Waals surface area contributed by atoms with Crippen LogP contribution in [0.2, 0.25) is 0 Å². The lowest BCUT2D eigenvalue weighted by Crippen LogP contribution is -2.62. The number of likely N-dealkylation sites (N-methyl/N-ethyl adjacent to an activating group) is 1. The van der Waals surface area contributed by atoms with Crippen LogP contribution in [0.15, 0.2) is 12.4 Å². The number of hydrogen-bond donors (Lipinski definition) is 0. The molecule has 1 aliphatic carbocycles. The first-order valence-corrected chi connectivity index (χ1v) is 8.81. The molecule has 4 rings (SSSR count). The minimum absolute atomic E-state index is 0.657. The molecule has 0 amide bonds. The van der Waals surface area contributed by atoms with Crippen LogP contribution in [0.1, 0.15) is 37.1 Å². The van der Waals surface area contributed by atoms with Gasteiger partial charge in [0.2, 0.25) is 0 Å². The van der Waals surface area contributed by atoms with Crippen LogP contribution in [0, 0.1) is 0 Å². The maximum absolute atomic E-state index is 4.53. The van der Waals surface area contributed by atoms with Gasteiger partial charge in [-0.3, -0.25) is 9.80 Å². The van der Waals surface area contributed by atoms with E-state index in [9.17, 15) is 0 Å². The number of piperazine rings is 1. The van der Waals surface area contributed by atoms with Crippen LogP contribution in [0.25, 0.3) is 0 Å². The summed E-state index contributed by atoms with van der Waals surface area (Å²) >= 11 is 0. The second kappa shape index (κ2) is 6.22. The molecule has 1 aromatic rings. The molecular weight excluding hydrogens is 274 g/mol. The van der Waals surface area contributed by atoms with Crippen LogP contribution < -0.4 is 0 Å². The standard InChI is InChI=1S/C17H27N5/c1-2-20-5-7-22(8-6-20)16-12-21(13-16)11-14-9-18-17(19-10-14)15-3-4-15/h9-10,15-16H,2-8,11-13H2,1H3. The Hall–Kier alpha value is -1.04. The molecule has 0 unspecified atom stereocenters. The van der Waals surface area contributed by atoms with Crippen molar-refractivity contribution in [3.05, 3.63) is 23.8 Å². The Bertz CT molecular complexity index is 484. The normalized spacial score (nSPS) is 25.3. The van der Waals surface area contributed by atoms with Gasteiger partial charge in [0.1, 0.15) is 5.82 Å². The summed E-state index contributed by atoms with van der Waals surface area (Å²) in [7, 11) is 0. The zero-order valence-electron chi connectivity index (χ0n) is 13.6. The van der Waals surface area contributed by atoms with Gasteiger partial charge < -0.3 is 4.90 Å². The first kappa shape index (κ1) is 14.5. The summed E-state index contributed by atoms with van der Waals surface area (Å²) in [4.78, 5) is 16.8. The lowest BCUT2D eigenvalue weighted by atomic mass is 10.1. The molecule has 0 spiro atoms. The number of nitrogens with zero attached hydrogens (tertiary/aromatic N) is 5. The zero-order valence-corrected chi connectivity index (χ0v) is 13.6.